The van der Waals surface area contributed by atoms with Gasteiger partial charge in [-0.05, 0) is 91.9 Å². The van der Waals surface area contributed by atoms with Crippen LogP contribution in [0.2, 0.25) is 0 Å². The summed E-state index contributed by atoms with van der Waals surface area (Å²) in [6.07, 6.45) is 11.1. The second kappa shape index (κ2) is 11.8. The lowest BCUT2D eigenvalue weighted by Crippen LogP contribution is -2.10. The summed E-state index contributed by atoms with van der Waals surface area (Å²) in [5.41, 5.74) is 9.98. The van der Waals surface area contributed by atoms with Crippen molar-refractivity contribution in [3.8, 4) is 22.0 Å². The van der Waals surface area contributed by atoms with E-state index in [0.717, 1.165) is 91.1 Å². The fourth-order valence-electron chi connectivity index (χ4n) is 4.77. The molecule has 202 valence electrons. The highest BCUT2D eigenvalue weighted by atomic mass is 32.1. The van der Waals surface area contributed by atoms with Crippen LogP contribution in [-0.2, 0) is 0 Å². The van der Waals surface area contributed by atoms with Crippen LogP contribution in [0.5, 0.6) is 0 Å². The quantitative estimate of drug-likeness (QED) is 0.145. The van der Waals surface area contributed by atoms with Crippen LogP contribution >= 0.6 is 11.3 Å². The topological polar surface area (TPSA) is 69.4 Å². The molecule has 0 amide bonds. The summed E-state index contributed by atoms with van der Waals surface area (Å²) in [5, 5.41) is 13.4. The molecular weight excluding hydrogens is 510 g/mol. The fraction of sp³-hybridized carbons (Fsp3) is 0.176. The van der Waals surface area contributed by atoms with Gasteiger partial charge in [-0.1, -0.05) is 45.2 Å². The van der Waals surface area contributed by atoms with Gasteiger partial charge in [-0.15, -0.1) is 11.3 Å². The van der Waals surface area contributed by atoms with Crippen molar-refractivity contribution in [2.45, 2.75) is 40.0 Å². The maximum absolute atomic E-state index is 4.73. The van der Waals surface area contributed by atoms with Gasteiger partial charge >= 0.3 is 0 Å². The lowest BCUT2D eigenvalue weighted by molar-refractivity contribution is 0.751. The van der Waals surface area contributed by atoms with Gasteiger partial charge in [0, 0.05) is 38.8 Å². The maximum atomic E-state index is 4.73. The number of aromatic amines is 2. The van der Waals surface area contributed by atoms with Gasteiger partial charge < -0.3 is 10.3 Å². The molecule has 0 unspecified atom stereocenters. The van der Waals surface area contributed by atoms with Crippen LogP contribution in [0.15, 0.2) is 98.0 Å². The summed E-state index contributed by atoms with van der Waals surface area (Å²) in [6.45, 7) is 18.5. The standard InChI is InChI=1S/C34H35N5S/c1-7-10-11-22(6)36-25(9-3)18-23(8-2)24-12-13-29-26(19-24)33(39-38-29)30-20-27-28(37-30)16-17-35-34(27)32-15-14-31(40-32)21(4)5/h8-9,12-20,36-37H,3-4,6-7,10-11H2,1-2,5H3,(H,38,39)/b23-8+,25-18+. The van der Waals surface area contributed by atoms with E-state index in [1.807, 2.05) is 25.3 Å². The van der Waals surface area contributed by atoms with Gasteiger partial charge in [0.2, 0.25) is 0 Å². The molecule has 0 fully saturated rings. The van der Waals surface area contributed by atoms with Crippen LogP contribution in [0.25, 0.3) is 54.9 Å². The molecule has 1 aromatic carbocycles. The third kappa shape index (κ3) is 5.49. The summed E-state index contributed by atoms with van der Waals surface area (Å²) in [6, 6.07) is 14.8. The van der Waals surface area contributed by atoms with Gasteiger partial charge in [-0.2, -0.15) is 5.10 Å². The minimum absolute atomic E-state index is 0.877. The smallest absolute Gasteiger partial charge is 0.116 e. The lowest BCUT2D eigenvalue weighted by atomic mass is 10.0. The second-order valence-electron chi connectivity index (χ2n) is 9.96. The van der Waals surface area contributed by atoms with Crippen LogP contribution in [0.1, 0.15) is 50.5 Å². The average molecular weight is 546 g/mol. The van der Waals surface area contributed by atoms with Crippen molar-refractivity contribution >= 4 is 44.3 Å². The lowest BCUT2D eigenvalue weighted by Gasteiger charge is -2.11. The van der Waals surface area contributed by atoms with Crippen LogP contribution < -0.4 is 5.32 Å². The van der Waals surface area contributed by atoms with Crippen molar-refractivity contribution in [3.63, 3.8) is 0 Å². The molecule has 0 radical (unpaired) electrons. The molecule has 5 nitrogen and oxygen atoms in total. The number of aromatic nitrogens is 4. The highest BCUT2D eigenvalue weighted by molar-refractivity contribution is 7.16. The Morgan fingerprint density at radius 2 is 1.88 bits per heavy atom. The fourth-order valence-corrected chi connectivity index (χ4v) is 5.72. The highest BCUT2D eigenvalue weighted by Gasteiger charge is 2.16. The first-order chi connectivity index (χ1) is 19.4. The Labute approximate surface area is 239 Å². The van der Waals surface area contributed by atoms with E-state index in [1.165, 1.54) is 4.88 Å². The van der Waals surface area contributed by atoms with Crippen LogP contribution in [0, 0.1) is 0 Å². The Hall–Kier alpha value is -4.42. The molecule has 4 heterocycles. The van der Waals surface area contributed by atoms with Crippen molar-refractivity contribution < 1.29 is 0 Å². The molecule has 5 rings (SSSR count). The van der Waals surface area contributed by atoms with E-state index >= 15 is 0 Å². The Morgan fingerprint density at radius 1 is 1.05 bits per heavy atom. The zero-order chi connectivity index (χ0) is 28.2. The number of hydrogen-bond acceptors (Lipinski definition) is 4. The summed E-state index contributed by atoms with van der Waals surface area (Å²) in [7, 11) is 0. The first kappa shape index (κ1) is 27.2. The van der Waals surface area contributed by atoms with Gasteiger partial charge in [0.15, 0.2) is 0 Å². The van der Waals surface area contributed by atoms with E-state index < -0.39 is 0 Å². The summed E-state index contributed by atoms with van der Waals surface area (Å²) in [4.78, 5) is 10.6. The molecule has 40 heavy (non-hydrogen) atoms. The van der Waals surface area contributed by atoms with Crippen molar-refractivity contribution in [3.05, 3.63) is 108 Å². The normalized spacial score (nSPS) is 12.3. The number of nitrogens with one attached hydrogen (secondary N) is 3. The second-order valence-corrected chi connectivity index (χ2v) is 11.0. The molecule has 0 aliphatic carbocycles. The van der Waals surface area contributed by atoms with E-state index in [4.69, 9.17) is 10.1 Å². The molecule has 0 aliphatic heterocycles. The number of fused-ring (bicyclic) bond motifs is 2. The maximum Gasteiger partial charge on any atom is 0.116 e. The minimum Gasteiger partial charge on any atom is -0.359 e. The van der Waals surface area contributed by atoms with E-state index in [9.17, 15) is 0 Å². The highest BCUT2D eigenvalue weighted by Crippen LogP contribution is 2.37. The summed E-state index contributed by atoms with van der Waals surface area (Å²) in [5.74, 6) is 0. The Balaban J connectivity index is 1.51. The number of nitrogens with zero attached hydrogens (tertiary/aromatic N) is 2. The molecule has 4 aromatic heterocycles. The number of unbranched alkanes of at least 4 members (excludes halogenated alkanes) is 1. The number of pyridine rings is 1. The molecule has 0 atom stereocenters. The summed E-state index contributed by atoms with van der Waals surface area (Å²) >= 11 is 1.71. The van der Waals surface area contributed by atoms with Crippen LogP contribution in [0.4, 0.5) is 0 Å². The van der Waals surface area contributed by atoms with Crippen LogP contribution in [-0.4, -0.2) is 20.2 Å². The van der Waals surface area contributed by atoms with Crippen LogP contribution in [0.3, 0.4) is 0 Å². The Kier molecular flexibility index (Phi) is 7.99. The van der Waals surface area contributed by atoms with E-state index in [1.54, 1.807) is 11.3 Å². The third-order valence-electron chi connectivity index (χ3n) is 6.95. The van der Waals surface area contributed by atoms with Gasteiger partial charge in [0.05, 0.1) is 21.8 Å². The number of benzene rings is 1. The molecule has 3 N–H and O–H groups in total. The first-order valence-corrected chi connectivity index (χ1v) is 14.4. The minimum atomic E-state index is 0.877. The van der Waals surface area contributed by atoms with Crippen molar-refractivity contribution in [2.75, 3.05) is 0 Å². The van der Waals surface area contributed by atoms with Crippen molar-refractivity contribution in [2.24, 2.45) is 0 Å². The molecule has 5 aromatic rings. The van der Waals surface area contributed by atoms with Crippen molar-refractivity contribution in [1.82, 2.24) is 25.5 Å². The number of thiophene rings is 1. The number of allylic oxidation sites excluding steroid dienone is 6. The zero-order valence-electron chi connectivity index (χ0n) is 23.4. The number of rotatable bonds is 11. The largest absolute Gasteiger partial charge is 0.359 e. The molecule has 0 saturated carbocycles. The van der Waals surface area contributed by atoms with Gasteiger partial charge in [-0.25, -0.2) is 0 Å². The Bertz CT molecular complexity index is 1790. The monoisotopic (exact) mass is 545 g/mol. The summed E-state index contributed by atoms with van der Waals surface area (Å²) < 4.78 is 0. The van der Waals surface area contributed by atoms with Crippen molar-refractivity contribution in [1.29, 1.82) is 0 Å². The predicted molar refractivity (Wildman–Crippen MR) is 173 cm³/mol. The molecular formula is C34H35N5S. The number of hydrogen-bond donors (Lipinski definition) is 3. The first-order valence-electron chi connectivity index (χ1n) is 13.6. The van der Waals surface area contributed by atoms with E-state index in [2.05, 4.69) is 97.5 Å². The zero-order valence-corrected chi connectivity index (χ0v) is 24.2. The molecule has 0 aliphatic rings. The third-order valence-corrected chi connectivity index (χ3v) is 8.21. The molecule has 0 bridgehead atoms. The Morgan fingerprint density at radius 3 is 2.60 bits per heavy atom. The molecule has 0 spiro atoms. The molecule has 0 saturated heterocycles. The van der Waals surface area contributed by atoms with Gasteiger partial charge in [0.1, 0.15) is 5.69 Å². The van der Waals surface area contributed by atoms with Gasteiger partial charge in [0.25, 0.3) is 0 Å². The predicted octanol–water partition coefficient (Wildman–Crippen LogP) is 9.63. The molecule has 6 heteroatoms. The average Bonchev–Trinajstić information content (AvgIpc) is 3.71. The van der Waals surface area contributed by atoms with E-state index in [0.29, 0.717) is 0 Å². The number of H-pyrrole nitrogens is 2. The SMILES string of the molecule is C=C/C(=C\C(=C/C)c1ccc2[nH]nc(-c3cc4c(-c5ccc(C(=C)C)s5)nccc4[nH]3)c2c1)NC(=C)CCCC. The van der Waals surface area contributed by atoms with Gasteiger partial charge in [-0.3, -0.25) is 10.1 Å². The van der Waals surface area contributed by atoms with E-state index in [-0.39, 0.29) is 0 Å².